The highest BCUT2D eigenvalue weighted by Crippen LogP contribution is 2.25. The molecular formula is C18H20BrN3O2. The number of aromatic nitrogens is 1. The molecule has 0 radical (unpaired) electrons. The van der Waals surface area contributed by atoms with E-state index in [0.717, 1.165) is 20.9 Å². The summed E-state index contributed by atoms with van der Waals surface area (Å²) in [6, 6.07) is 6.25. The Kier molecular flexibility index (Phi) is 4.49. The number of rotatable bonds is 4. The van der Waals surface area contributed by atoms with Crippen molar-refractivity contribution in [2.24, 2.45) is 0 Å². The second-order valence-corrected chi connectivity index (χ2v) is 7.06. The average molecular weight is 390 g/mol. The molecule has 1 aromatic carbocycles. The van der Waals surface area contributed by atoms with Gasteiger partial charge in [0, 0.05) is 41.7 Å². The molecule has 0 atom stereocenters. The zero-order valence-corrected chi connectivity index (χ0v) is 15.4. The van der Waals surface area contributed by atoms with Gasteiger partial charge in [0.2, 0.25) is 11.8 Å². The quantitative estimate of drug-likeness (QED) is 0.754. The van der Waals surface area contributed by atoms with Gasteiger partial charge in [0.25, 0.3) is 0 Å². The summed E-state index contributed by atoms with van der Waals surface area (Å²) in [5, 5.41) is 1.11. The second-order valence-electron chi connectivity index (χ2n) is 6.21. The molecule has 0 unspecified atom stereocenters. The number of hydrogen-bond acceptors (Lipinski definition) is 2. The van der Waals surface area contributed by atoms with E-state index in [1.54, 1.807) is 16.8 Å². The first-order valence-electron chi connectivity index (χ1n) is 7.82. The van der Waals surface area contributed by atoms with Crippen LogP contribution in [0, 0.1) is 6.92 Å². The van der Waals surface area contributed by atoms with Crippen molar-refractivity contribution in [1.82, 2.24) is 14.4 Å². The van der Waals surface area contributed by atoms with Crippen LogP contribution in [0.3, 0.4) is 0 Å². The molecule has 1 saturated heterocycles. The van der Waals surface area contributed by atoms with Gasteiger partial charge in [-0.15, -0.1) is 0 Å². The molecule has 0 aliphatic carbocycles. The van der Waals surface area contributed by atoms with Crippen molar-refractivity contribution in [2.45, 2.75) is 19.5 Å². The molecule has 2 heterocycles. The molecule has 0 spiro atoms. The van der Waals surface area contributed by atoms with Crippen molar-refractivity contribution in [1.29, 1.82) is 0 Å². The van der Waals surface area contributed by atoms with E-state index < -0.39 is 0 Å². The summed E-state index contributed by atoms with van der Waals surface area (Å²) in [5.41, 5.74) is 2.19. The van der Waals surface area contributed by atoms with Gasteiger partial charge in [0.15, 0.2) is 0 Å². The Morgan fingerprint density at radius 2 is 2.12 bits per heavy atom. The monoisotopic (exact) mass is 389 g/mol. The number of likely N-dealkylation sites (N-methyl/N-ethyl adjacent to an activating group) is 1. The maximum Gasteiger partial charge on any atom is 0.246 e. The summed E-state index contributed by atoms with van der Waals surface area (Å²) >= 11 is 3.54. The van der Waals surface area contributed by atoms with Crippen LogP contribution in [0.2, 0.25) is 0 Å². The maximum absolute atomic E-state index is 12.6. The lowest BCUT2D eigenvalue weighted by Gasteiger charge is -2.43. The van der Waals surface area contributed by atoms with Crippen molar-refractivity contribution < 1.29 is 9.59 Å². The molecule has 1 aromatic heterocycles. The molecule has 0 bridgehead atoms. The topological polar surface area (TPSA) is 45.6 Å². The lowest BCUT2D eigenvalue weighted by Crippen LogP contribution is -2.61. The molecule has 2 amide bonds. The van der Waals surface area contributed by atoms with E-state index in [9.17, 15) is 9.59 Å². The van der Waals surface area contributed by atoms with Gasteiger partial charge in [-0.05, 0) is 36.8 Å². The largest absolute Gasteiger partial charge is 0.338 e. The molecule has 126 valence electrons. The fraction of sp³-hybridized carbons (Fsp3) is 0.333. The van der Waals surface area contributed by atoms with E-state index in [4.69, 9.17) is 0 Å². The average Bonchev–Trinajstić information content (AvgIpc) is 2.88. The van der Waals surface area contributed by atoms with Crippen LogP contribution in [0.15, 0.2) is 41.5 Å². The summed E-state index contributed by atoms with van der Waals surface area (Å²) in [4.78, 5) is 27.5. The molecule has 3 rings (SSSR count). The SMILES string of the molecule is C=CC(=O)N1CC(N(C)C(=O)Cn2ccc3cc(Br)c(C)cc32)C1. The minimum absolute atomic E-state index is 0.0452. The number of hydrogen-bond donors (Lipinski definition) is 0. The van der Waals surface area contributed by atoms with E-state index in [0.29, 0.717) is 19.6 Å². The van der Waals surface area contributed by atoms with E-state index in [2.05, 4.69) is 34.6 Å². The van der Waals surface area contributed by atoms with Crippen LogP contribution in [-0.2, 0) is 16.1 Å². The van der Waals surface area contributed by atoms with Crippen LogP contribution < -0.4 is 0 Å². The van der Waals surface area contributed by atoms with Crippen LogP contribution >= 0.6 is 15.9 Å². The molecule has 6 heteroatoms. The molecule has 1 aliphatic rings. The Morgan fingerprint density at radius 1 is 1.42 bits per heavy atom. The minimum atomic E-state index is -0.0791. The molecule has 0 saturated carbocycles. The Bertz CT molecular complexity index is 821. The van der Waals surface area contributed by atoms with Crippen molar-refractivity contribution in [3.05, 3.63) is 47.1 Å². The molecule has 1 aliphatic heterocycles. The van der Waals surface area contributed by atoms with Crippen LogP contribution in [0.1, 0.15) is 5.56 Å². The first-order chi connectivity index (χ1) is 11.4. The zero-order chi connectivity index (χ0) is 17.4. The molecule has 24 heavy (non-hydrogen) atoms. The molecule has 5 nitrogen and oxygen atoms in total. The fourth-order valence-corrected chi connectivity index (χ4v) is 3.28. The zero-order valence-electron chi connectivity index (χ0n) is 13.8. The summed E-state index contributed by atoms with van der Waals surface area (Å²) in [6.45, 7) is 6.97. The van der Waals surface area contributed by atoms with E-state index in [1.165, 1.54) is 6.08 Å². The van der Waals surface area contributed by atoms with Crippen molar-refractivity contribution >= 4 is 38.6 Å². The smallest absolute Gasteiger partial charge is 0.246 e. The molecule has 2 aromatic rings. The maximum atomic E-state index is 12.6. The van der Waals surface area contributed by atoms with Crippen molar-refractivity contribution in [2.75, 3.05) is 20.1 Å². The van der Waals surface area contributed by atoms with Crippen LogP contribution in [0.4, 0.5) is 0 Å². The number of fused-ring (bicyclic) bond motifs is 1. The lowest BCUT2D eigenvalue weighted by molar-refractivity contribution is -0.142. The summed E-state index contributed by atoms with van der Waals surface area (Å²) in [6.07, 6.45) is 3.25. The van der Waals surface area contributed by atoms with E-state index in [1.807, 2.05) is 23.8 Å². The number of aryl methyl sites for hydroxylation is 1. The first-order valence-corrected chi connectivity index (χ1v) is 8.62. The highest BCUT2D eigenvalue weighted by Gasteiger charge is 2.34. The van der Waals surface area contributed by atoms with E-state index in [-0.39, 0.29) is 17.9 Å². The molecular weight excluding hydrogens is 370 g/mol. The number of carbonyl (C=O) groups excluding carboxylic acids is 2. The van der Waals surface area contributed by atoms with Gasteiger partial charge >= 0.3 is 0 Å². The predicted molar refractivity (Wildman–Crippen MR) is 97.7 cm³/mol. The van der Waals surface area contributed by atoms with Gasteiger partial charge < -0.3 is 14.4 Å². The van der Waals surface area contributed by atoms with Crippen LogP contribution in [0.25, 0.3) is 10.9 Å². The standard InChI is InChI=1S/C18H20BrN3O2/c1-4-17(23)22-9-14(10-22)20(3)18(24)11-21-6-5-13-8-15(19)12(2)7-16(13)21/h4-8,14H,1,9-11H2,2-3H3. The first kappa shape index (κ1) is 16.8. The van der Waals surface area contributed by atoms with Gasteiger partial charge in [-0.3, -0.25) is 9.59 Å². The predicted octanol–water partition coefficient (Wildman–Crippen LogP) is 2.57. The Morgan fingerprint density at radius 3 is 2.79 bits per heavy atom. The number of nitrogens with zero attached hydrogens (tertiary/aromatic N) is 3. The number of halogens is 1. The van der Waals surface area contributed by atoms with Gasteiger partial charge in [-0.1, -0.05) is 22.5 Å². The summed E-state index contributed by atoms with van der Waals surface area (Å²) in [7, 11) is 1.80. The Balaban J connectivity index is 1.68. The number of benzene rings is 1. The third-order valence-corrected chi connectivity index (χ3v) is 5.50. The van der Waals surface area contributed by atoms with Crippen LogP contribution in [0.5, 0.6) is 0 Å². The van der Waals surface area contributed by atoms with E-state index >= 15 is 0 Å². The third-order valence-electron chi connectivity index (χ3n) is 4.65. The summed E-state index contributed by atoms with van der Waals surface area (Å²) < 4.78 is 3.04. The lowest BCUT2D eigenvalue weighted by atomic mass is 10.1. The normalized spacial score (nSPS) is 14.5. The van der Waals surface area contributed by atoms with Gasteiger partial charge in [0.05, 0.1) is 6.04 Å². The Hall–Kier alpha value is -2.08. The van der Waals surface area contributed by atoms with Crippen molar-refractivity contribution in [3.8, 4) is 0 Å². The van der Waals surface area contributed by atoms with Crippen LogP contribution in [-0.4, -0.2) is 52.4 Å². The van der Waals surface area contributed by atoms with Gasteiger partial charge in [-0.2, -0.15) is 0 Å². The summed E-state index contributed by atoms with van der Waals surface area (Å²) in [5.74, 6) is -0.0340. The van der Waals surface area contributed by atoms with Gasteiger partial charge in [-0.25, -0.2) is 0 Å². The third kappa shape index (κ3) is 2.98. The number of amides is 2. The fourth-order valence-electron chi connectivity index (χ4n) is 2.92. The molecule has 0 N–H and O–H groups in total. The van der Waals surface area contributed by atoms with Gasteiger partial charge in [0.1, 0.15) is 6.54 Å². The highest BCUT2D eigenvalue weighted by atomic mass is 79.9. The number of likely N-dealkylation sites (tertiary alicyclic amines) is 1. The molecule has 1 fully saturated rings. The highest BCUT2D eigenvalue weighted by molar-refractivity contribution is 9.10. The Labute approximate surface area is 149 Å². The minimum Gasteiger partial charge on any atom is -0.338 e. The number of carbonyl (C=O) groups is 2. The van der Waals surface area contributed by atoms with Crippen molar-refractivity contribution in [3.63, 3.8) is 0 Å². The second kappa shape index (κ2) is 6.43.